The van der Waals surface area contributed by atoms with Crippen LogP contribution < -0.4 is 5.73 Å². The summed E-state index contributed by atoms with van der Waals surface area (Å²) in [6, 6.07) is 0. The van der Waals surface area contributed by atoms with Crippen molar-refractivity contribution in [3.63, 3.8) is 0 Å². The molecule has 2 rings (SSSR count). The molecule has 2 heterocycles. The molecular formula is C9H13N5O2. The van der Waals surface area contributed by atoms with Gasteiger partial charge in [-0.05, 0) is 6.92 Å². The Morgan fingerprint density at radius 2 is 2.19 bits per heavy atom. The lowest BCUT2D eigenvalue weighted by Gasteiger charge is -2.19. The van der Waals surface area contributed by atoms with Crippen molar-refractivity contribution >= 4 is 17.0 Å². The Bertz CT molecular complexity index is 496. The Hall–Kier alpha value is -1.73. The predicted octanol–water partition coefficient (Wildman–Crippen LogP) is -0.0657. The Balaban J connectivity index is 2.57. The molecule has 0 spiro atoms. The summed E-state index contributed by atoms with van der Waals surface area (Å²) in [5.41, 5.74) is 6.70. The molecule has 2 aromatic heterocycles. The molecule has 0 aliphatic heterocycles. The van der Waals surface area contributed by atoms with E-state index in [2.05, 4.69) is 15.0 Å². The van der Waals surface area contributed by atoms with Gasteiger partial charge in [0, 0.05) is 7.11 Å². The summed E-state index contributed by atoms with van der Waals surface area (Å²) in [6.07, 6.45) is 1.65. The van der Waals surface area contributed by atoms with E-state index < -0.39 is 12.3 Å². The number of hydrogen-bond donors (Lipinski definition) is 2. The highest BCUT2D eigenvalue weighted by atomic mass is 16.5. The number of rotatable bonds is 3. The number of imidazole rings is 1. The normalized spacial score (nSPS) is 15.2. The molecule has 16 heavy (non-hydrogen) atoms. The van der Waals surface area contributed by atoms with Gasteiger partial charge in [0.15, 0.2) is 17.7 Å². The molecule has 2 atom stereocenters. The van der Waals surface area contributed by atoms with Crippen molar-refractivity contribution in [2.75, 3.05) is 12.8 Å². The lowest BCUT2D eigenvalue weighted by atomic mass is 10.3. The van der Waals surface area contributed by atoms with E-state index in [9.17, 15) is 5.11 Å². The first-order valence-electron chi connectivity index (χ1n) is 4.79. The molecule has 0 aliphatic carbocycles. The lowest BCUT2D eigenvalue weighted by molar-refractivity contribution is -0.0472. The van der Waals surface area contributed by atoms with Crippen LogP contribution in [0.1, 0.15) is 13.2 Å². The van der Waals surface area contributed by atoms with E-state index in [-0.39, 0.29) is 0 Å². The zero-order valence-electron chi connectivity index (χ0n) is 9.03. The van der Waals surface area contributed by atoms with E-state index in [1.807, 2.05) is 0 Å². The number of aromatic nitrogens is 4. The molecule has 0 aliphatic rings. The second kappa shape index (κ2) is 4.03. The van der Waals surface area contributed by atoms with Crippen molar-refractivity contribution in [1.82, 2.24) is 19.5 Å². The summed E-state index contributed by atoms with van der Waals surface area (Å²) in [7, 11) is 1.51. The number of fused-ring (bicyclic) bond motifs is 1. The van der Waals surface area contributed by atoms with Gasteiger partial charge in [-0.25, -0.2) is 15.0 Å². The topological polar surface area (TPSA) is 99.1 Å². The van der Waals surface area contributed by atoms with E-state index >= 15 is 0 Å². The summed E-state index contributed by atoms with van der Waals surface area (Å²) in [4.78, 5) is 12.0. The van der Waals surface area contributed by atoms with Gasteiger partial charge in [-0.3, -0.25) is 4.57 Å². The van der Waals surface area contributed by atoms with E-state index in [1.165, 1.54) is 19.8 Å². The highest BCUT2D eigenvalue weighted by Crippen LogP contribution is 2.21. The maximum atomic E-state index is 9.56. The van der Waals surface area contributed by atoms with Crippen LogP contribution in [0.5, 0.6) is 0 Å². The molecule has 0 bridgehead atoms. The number of methoxy groups -OCH3 is 1. The number of anilines is 1. The average Bonchev–Trinajstić information content (AvgIpc) is 2.64. The summed E-state index contributed by atoms with van der Waals surface area (Å²) in [5.74, 6) is 0.309. The van der Waals surface area contributed by atoms with Crippen molar-refractivity contribution in [2.45, 2.75) is 19.3 Å². The van der Waals surface area contributed by atoms with Crippen molar-refractivity contribution in [3.05, 3.63) is 12.7 Å². The molecule has 7 nitrogen and oxygen atoms in total. The minimum atomic E-state index is -0.682. The largest absolute Gasteiger partial charge is 0.389 e. The molecule has 0 saturated heterocycles. The summed E-state index contributed by atoms with van der Waals surface area (Å²) < 4.78 is 6.80. The highest BCUT2D eigenvalue weighted by Gasteiger charge is 2.19. The summed E-state index contributed by atoms with van der Waals surface area (Å²) in [6.45, 7) is 1.63. The number of aliphatic hydroxyl groups is 1. The molecule has 0 saturated carbocycles. The zero-order valence-corrected chi connectivity index (χ0v) is 9.03. The first kappa shape index (κ1) is 10.8. The van der Waals surface area contributed by atoms with Crippen LogP contribution in [0, 0.1) is 0 Å². The Labute approximate surface area is 91.9 Å². The van der Waals surface area contributed by atoms with Gasteiger partial charge in [-0.1, -0.05) is 0 Å². The molecule has 0 fully saturated rings. The zero-order chi connectivity index (χ0) is 11.7. The predicted molar refractivity (Wildman–Crippen MR) is 57.5 cm³/mol. The summed E-state index contributed by atoms with van der Waals surface area (Å²) >= 11 is 0. The molecule has 0 amide bonds. The van der Waals surface area contributed by atoms with Crippen molar-refractivity contribution in [1.29, 1.82) is 0 Å². The van der Waals surface area contributed by atoms with Crippen LogP contribution in [0.25, 0.3) is 11.2 Å². The monoisotopic (exact) mass is 223 g/mol. The third-order valence-electron chi connectivity index (χ3n) is 2.32. The Morgan fingerprint density at radius 3 is 2.81 bits per heavy atom. The minimum absolute atomic E-state index is 0.309. The van der Waals surface area contributed by atoms with Gasteiger partial charge >= 0.3 is 0 Å². The second-order valence-corrected chi connectivity index (χ2v) is 3.45. The molecule has 2 aromatic rings. The van der Waals surface area contributed by atoms with Crippen LogP contribution in [0.15, 0.2) is 12.7 Å². The number of aliphatic hydroxyl groups excluding tert-OH is 1. The molecule has 7 heteroatoms. The molecule has 2 unspecified atom stereocenters. The van der Waals surface area contributed by atoms with Crippen LogP contribution in [0.4, 0.5) is 5.82 Å². The van der Waals surface area contributed by atoms with Crippen LogP contribution in [-0.2, 0) is 4.74 Å². The fourth-order valence-electron chi connectivity index (χ4n) is 1.60. The smallest absolute Gasteiger partial charge is 0.167 e. The average molecular weight is 223 g/mol. The minimum Gasteiger partial charge on any atom is -0.389 e. The quantitative estimate of drug-likeness (QED) is 0.755. The van der Waals surface area contributed by atoms with Gasteiger partial charge in [0.2, 0.25) is 0 Å². The third-order valence-corrected chi connectivity index (χ3v) is 2.32. The molecule has 0 aromatic carbocycles. The van der Waals surface area contributed by atoms with Crippen LogP contribution in [0.2, 0.25) is 0 Å². The molecule has 3 N–H and O–H groups in total. The van der Waals surface area contributed by atoms with Gasteiger partial charge < -0.3 is 15.6 Å². The first-order chi connectivity index (χ1) is 7.65. The summed E-state index contributed by atoms with van der Waals surface area (Å²) in [5, 5.41) is 9.56. The third kappa shape index (κ3) is 1.59. The fraction of sp³-hybridized carbons (Fsp3) is 0.444. The van der Waals surface area contributed by atoms with Gasteiger partial charge in [0.1, 0.15) is 11.8 Å². The number of nitrogen functional groups attached to an aromatic ring is 1. The SMILES string of the molecule is COC(C(C)O)n1cnc2c(N)ncnc21. The number of hydrogen-bond acceptors (Lipinski definition) is 6. The van der Waals surface area contributed by atoms with Gasteiger partial charge in [0.05, 0.1) is 12.4 Å². The molecule has 0 radical (unpaired) electrons. The number of ether oxygens (including phenoxy) is 1. The van der Waals surface area contributed by atoms with Crippen molar-refractivity contribution in [3.8, 4) is 0 Å². The molecular weight excluding hydrogens is 210 g/mol. The second-order valence-electron chi connectivity index (χ2n) is 3.45. The standard InChI is InChI=1S/C9H13N5O2/c1-5(15)9(16-2)14-4-13-6-7(10)11-3-12-8(6)14/h3-5,9,15H,1-2H3,(H2,10,11,12). The van der Waals surface area contributed by atoms with Gasteiger partial charge in [-0.15, -0.1) is 0 Å². The fourth-order valence-corrected chi connectivity index (χ4v) is 1.60. The van der Waals surface area contributed by atoms with Crippen molar-refractivity contribution in [2.24, 2.45) is 0 Å². The van der Waals surface area contributed by atoms with E-state index in [0.29, 0.717) is 17.0 Å². The van der Waals surface area contributed by atoms with Crippen LogP contribution >= 0.6 is 0 Å². The lowest BCUT2D eigenvalue weighted by Crippen LogP contribution is -2.22. The van der Waals surface area contributed by atoms with Crippen LogP contribution in [0.3, 0.4) is 0 Å². The van der Waals surface area contributed by atoms with Crippen molar-refractivity contribution < 1.29 is 9.84 Å². The van der Waals surface area contributed by atoms with Gasteiger partial charge in [0.25, 0.3) is 0 Å². The van der Waals surface area contributed by atoms with Crippen LogP contribution in [-0.4, -0.2) is 37.8 Å². The first-order valence-corrected chi connectivity index (χ1v) is 4.79. The van der Waals surface area contributed by atoms with E-state index in [1.54, 1.807) is 11.5 Å². The molecule has 86 valence electrons. The van der Waals surface area contributed by atoms with Gasteiger partial charge in [-0.2, -0.15) is 0 Å². The number of nitrogens with two attached hydrogens (primary N) is 1. The Kier molecular flexibility index (Phi) is 2.71. The highest BCUT2D eigenvalue weighted by molar-refractivity contribution is 5.81. The van der Waals surface area contributed by atoms with E-state index in [4.69, 9.17) is 10.5 Å². The number of nitrogens with zero attached hydrogens (tertiary/aromatic N) is 4. The maximum absolute atomic E-state index is 9.56. The maximum Gasteiger partial charge on any atom is 0.167 e. The Morgan fingerprint density at radius 1 is 1.44 bits per heavy atom. The van der Waals surface area contributed by atoms with E-state index in [0.717, 1.165) is 0 Å².